The monoisotopic (exact) mass is 994 g/mol. The standard InChI is InChI=1S/C23H37N3O12.C19H29NO11/c1-13(27)26-19-21(37-16(4)30)20(36-15(3)29)17(12-35-14(2)28)38-22(19)34-11-6-5-8-18(31)24-9-7-10-25-23(32)33;1-10(21)20-16-18(30-13(4)24)17(29-12(3)23)14(9-28-11(2)22)31-19(16)27-8-6-5-7-15(25)26/h17,19-22,25H,5-12H2,1-4H3,(H,24,31)(H,26,27)(H,32,33);14,16-19H,5-9H2,1-4H3,(H,20,21)(H,25,26)/t17-,19-,20+,21-,22-;14-,16-,17+,18-,19-/m11/s1. The molecule has 4 amide bonds. The summed E-state index contributed by atoms with van der Waals surface area (Å²) in [7, 11) is 0. The largest absolute Gasteiger partial charge is 0.481 e. The molecule has 0 aliphatic carbocycles. The summed E-state index contributed by atoms with van der Waals surface area (Å²) < 4.78 is 54.5. The molecule has 27 nitrogen and oxygen atoms in total. The number of hydrogen-bond acceptors (Lipinski definition) is 21. The maximum Gasteiger partial charge on any atom is 0.404 e. The number of hydrogen-bond donors (Lipinski definition) is 6. The summed E-state index contributed by atoms with van der Waals surface area (Å²) in [4.78, 5) is 126. The van der Waals surface area contributed by atoms with E-state index in [9.17, 15) is 52.7 Å². The Labute approximate surface area is 397 Å². The zero-order chi connectivity index (χ0) is 52.2. The van der Waals surface area contributed by atoms with E-state index >= 15 is 0 Å². The summed E-state index contributed by atoms with van der Waals surface area (Å²) in [5.74, 6) is -6.15. The van der Waals surface area contributed by atoms with Crippen molar-refractivity contribution in [2.24, 2.45) is 0 Å². The van der Waals surface area contributed by atoms with Gasteiger partial charge in [-0.05, 0) is 32.1 Å². The van der Waals surface area contributed by atoms with Crippen molar-refractivity contribution in [1.82, 2.24) is 21.3 Å². The Morgan fingerprint density at radius 3 is 1.19 bits per heavy atom. The van der Waals surface area contributed by atoms with Gasteiger partial charge in [0.05, 0.1) is 0 Å². The van der Waals surface area contributed by atoms with E-state index in [0.29, 0.717) is 38.6 Å². The zero-order valence-electron chi connectivity index (χ0n) is 39.9. The van der Waals surface area contributed by atoms with Gasteiger partial charge in [0, 0.05) is 94.5 Å². The molecule has 27 heteroatoms. The van der Waals surface area contributed by atoms with Crippen molar-refractivity contribution in [2.75, 3.05) is 39.5 Å². The summed E-state index contributed by atoms with van der Waals surface area (Å²) in [6.45, 7) is 9.51. The summed E-state index contributed by atoms with van der Waals surface area (Å²) in [5.41, 5.74) is 0. The first kappa shape index (κ1) is 60.8. The molecule has 0 aromatic heterocycles. The van der Waals surface area contributed by atoms with Gasteiger partial charge in [-0.25, -0.2) is 4.79 Å². The van der Waals surface area contributed by atoms with E-state index in [2.05, 4.69) is 21.3 Å². The number of aliphatic carboxylic acids is 1. The summed E-state index contributed by atoms with van der Waals surface area (Å²) in [5, 5.41) is 27.3. The van der Waals surface area contributed by atoms with Gasteiger partial charge in [-0.15, -0.1) is 0 Å². The summed E-state index contributed by atoms with van der Waals surface area (Å²) >= 11 is 0. The second-order valence-corrected chi connectivity index (χ2v) is 15.4. The third kappa shape index (κ3) is 26.2. The third-order valence-electron chi connectivity index (χ3n) is 9.24. The van der Waals surface area contributed by atoms with Crippen molar-refractivity contribution in [3.8, 4) is 0 Å². The Balaban J connectivity index is 0.000000704. The van der Waals surface area contributed by atoms with Crippen molar-refractivity contribution in [3.05, 3.63) is 0 Å². The Bertz CT molecular complexity index is 1750. The lowest BCUT2D eigenvalue weighted by molar-refractivity contribution is -0.277. The lowest BCUT2D eigenvalue weighted by Crippen LogP contribution is -2.66. The number of unbranched alkanes of at least 4 members (excludes halogenated alkanes) is 2. The van der Waals surface area contributed by atoms with E-state index in [-0.39, 0.29) is 51.7 Å². The van der Waals surface area contributed by atoms with Crippen molar-refractivity contribution in [2.45, 2.75) is 162 Å². The predicted molar refractivity (Wildman–Crippen MR) is 229 cm³/mol. The first-order chi connectivity index (χ1) is 32.4. The van der Waals surface area contributed by atoms with E-state index in [1.54, 1.807) is 0 Å². The lowest BCUT2D eigenvalue weighted by Gasteiger charge is -2.44. The SMILES string of the molecule is CC(=O)N[C@H]1[C@H](OCCCCC(=O)NCCCNC(=O)O)O[C@H](COC(C)=O)[C@H](OC(C)=O)[C@@H]1OC(C)=O.CC(=O)N[C@H]1[C@H](OCCCCC(=O)O)O[C@H](COC(C)=O)[C@H](OC(C)=O)[C@@H]1OC(C)=O. The molecule has 0 saturated carbocycles. The fraction of sp³-hybridized carbons (Fsp3) is 0.738. The number of carboxylic acid groups (broad SMARTS) is 2. The number of carbonyl (C=O) groups excluding carboxylic acids is 9. The van der Waals surface area contributed by atoms with E-state index in [0.717, 1.165) is 27.7 Å². The van der Waals surface area contributed by atoms with Crippen LogP contribution in [0.15, 0.2) is 0 Å². The minimum atomic E-state index is -1.21. The van der Waals surface area contributed by atoms with E-state index in [1.165, 1.54) is 27.7 Å². The fourth-order valence-electron chi connectivity index (χ4n) is 6.63. The fourth-order valence-corrected chi connectivity index (χ4v) is 6.63. The Morgan fingerprint density at radius 1 is 0.464 bits per heavy atom. The quantitative estimate of drug-likeness (QED) is 0.0362. The van der Waals surface area contributed by atoms with Crippen LogP contribution < -0.4 is 21.3 Å². The van der Waals surface area contributed by atoms with Gasteiger partial charge >= 0.3 is 47.9 Å². The molecule has 0 bridgehead atoms. The molecular formula is C42H66N4O23. The van der Waals surface area contributed by atoms with Crippen LogP contribution in [0.2, 0.25) is 0 Å². The highest BCUT2D eigenvalue weighted by Gasteiger charge is 2.52. The average Bonchev–Trinajstić information content (AvgIpc) is 3.22. The minimum Gasteiger partial charge on any atom is -0.481 e. The zero-order valence-corrected chi connectivity index (χ0v) is 39.9. The molecule has 69 heavy (non-hydrogen) atoms. The van der Waals surface area contributed by atoms with Gasteiger partial charge in [0.2, 0.25) is 17.7 Å². The lowest BCUT2D eigenvalue weighted by atomic mass is 9.96. The number of carbonyl (C=O) groups is 11. The molecule has 2 rings (SSSR count). The molecule has 2 aliphatic rings. The smallest absolute Gasteiger partial charge is 0.404 e. The maximum absolute atomic E-state index is 11.9. The van der Waals surface area contributed by atoms with Crippen LogP contribution >= 0.6 is 0 Å². The number of carboxylic acids is 1. The number of ether oxygens (including phenoxy) is 10. The highest BCUT2D eigenvalue weighted by atomic mass is 16.7. The van der Waals surface area contributed by atoms with Crippen molar-refractivity contribution >= 4 is 65.6 Å². The highest BCUT2D eigenvalue weighted by Crippen LogP contribution is 2.30. The van der Waals surface area contributed by atoms with Gasteiger partial charge in [-0.3, -0.25) is 47.9 Å². The van der Waals surface area contributed by atoms with Crippen LogP contribution in [0.25, 0.3) is 0 Å². The molecule has 2 fully saturated rings. The van der Waals surface area contributed by atoms with Crippen LogP contribution in [0.3, 0.4) is 0 Å². The first-order valence-electron chi connectivity index (χ1n) is 21.9. The van der Waals surface area contributed by atoms with Crippen LogP contribution in [0.4, 0.5) is 4.79 Å². The molecule has 0 aromatic rings. The number of amides is 4. The van der Waals surface area contributed by atoms with Crippen molar-refractivity contribution < 1.29 is 110 Å². The van der Waals surface area contributed by atoms with Crippen LogP contribution in [0.1, 0.15) is 100 Å². The normalized spacial score (nSPS) is 23.7. The second kappa shape index (κ2) is 32.5. The Morgan fingerprint density at radius 2 is 0.841 bits per heavy atom. The topological polar surface area (TPSA) is 369 Å². The molecule has 0 aromatic carbocycles. The van der Waals surface area contributed by atoms with Crippen LogP contribution in [-0.2, 0) is 95.3 Å². The summed E-state index contributed by atoms with van der Waals surface area (Å²) in [6.07, 6.45) is -8.10. The van der Waals surface area contributed by atoms with E-state index < -0.39 is 121 Å². The Kier molecular flexibility index (Phi) is 28.7. The number of rotatable bonds is 26. The molecule has 2 aliphatic heterocycles. The molecule has 392 valence electrons. The molecule has 2 saturated heterocycles. The summed E-state index contributed by atoms with van der Waals surface area (Å²) in [6, 6.07) is -2.10. The number of esters is 6. The molecule has 2 heterocycles. The average molecular weight is 995 g/mol. The predicted octanol–water partition coefficient (Wildman–Crippen LogP) is -0.483. The highest BCUT2D eigenvalue weighted by molar-refractivity contribution is 5.76. The first-order valence-corrected chi connectivity index (χ1v) is 21.9. The Hall–Kier alpha value is -6.19. The van der Waals surface area contributed by atoms with Gasteiger partial charge in [0.15, 0.2) is 37.0 Å². The third-order valence-corrected chi connectivity index (χ3v) is 9.24. The number of nitrogens with one attached hydrogen (secondary N) is 4. The molecule has 0 unspecified atom stereocenters. The van der Waals surface area contributed by atoms with Crippen LogP contribution in [-0.4, -0.2) is 177 Å². The van der Waals surface area contributed by atoms with Crippen LogP contribution in [0, 0.1) is 0 Å². The van der Waals surface area contributed by atoms with Crippen LogP contribution in [0.5, 0.6) is 0 Å². The van der Waals surface area contributed by atoms with Gasteiger partial charge in [-0.1, -0.05) is 0 Å². The van der Waals surface area contributed by atoms with Crippen molar-refractivity contribution in [3.63, 3.8) is 0 Å². The van der Waals surface area contributed by atoms with Gasteiger partial charge < -0.3 is 78.8 Å². The maximum atomic E-state index is 11.9. The van der Waals surface area contributed by atoms with E-state index in [1.807, 2.05) is 0 Å². The molecule has 0 radical (unpaired) electrons. The molecular weight excluding hydrogens is 928 g/mol. The molecule has 6 N–H and O–H groups in total. The second-order valence-electron chi connectivity index (χ2n) is 15.4. The molecule has 0 spiro atoms. The minimum absolute atomic E-state index is 0.0380. The van der Waals surface area contributed by atoms with Gasteiger partial charge in [0.25, 0.3) is 0 Å². The van der Waals surface area contributed by atoms with Gasteiger partial charge in [-0.2, -0.15) is 0 Å². The van der Waals surface area contributed by atoms with E-state index in [4.69, 9.17) is 57.6 Å². The van der Waals surface area contributed by atoms with Crippen molar-refractivity contribution in [1.29, 1.82) is 0 Å². The van der Waals surface area contributed by atoms with Gasteiger partial charge in [0.1, 0.15) is 37.5 Å². The molecule has 10 atom stereocenters.